The molecule has 0 aliphatic heterocycles. The van der Waals surface area contributed by atoms with Gasteiger partial charge in [0.15, 0.2) is 12.4 Å². The first-order valence-corrected chi connectivity index (χ1v) is 8.95. The highest BCUT2D eigenvalue weighted by atomic mass is 35.5. The van der Waals surface area contributed by atoms with Gasteiger partial charge in [0.1, 0.15) is 17.2 Å². The molecule has 0 radical (unpaired) electrons. The Labute approximate surface area is 167 Å². The van der Waals surface area contributed by atoms with Crippen LogP contribution in [0.25, 0.3) is 0 Å². The monoisotopic (exact) mass is 395 g/mol. The predicted molar refractivity (Wildman–Crippen MR) is 109 cm³/mol. The van der Waals surface area contributed by atoms with Gasteiger partial charge in [0.2, 0.25) is 0 Å². The minimum absolute atomic E-state index is 0.0220. The topological polar surface area (TPSA) is 64.6 Å². The molecule has 0 atom stereocenters. The van der Waals surface area contributed by atoms with E-state index in [-0.39, 0.29) is 18.3 Å². The van der Waals surface area contributed by atoms with Gasteiger partial charge in [0.05, 0.1) is 5.02 Å². The quantitative estimate of drug-likeness (QED) is 0.547. The lowest BCUT2D eigenvalue weighted by molar-refractivity contribution is -0.118. The number of halogens is 1. The van der Waals surface area contributed by atoms with Crippen molar-refractivity contribution in [1.82, 2.24) is 0 Å². The van der Waals surface area contributed by atoms with E-state index in [1.54, 1.807) is 60.7 Å². The van der Waals surface area contributed by atoms with E-state index in [4.69, 9.17) is 21.1 Å². The van der Waals surface area contributed by atoms with E-state index < -0.39 is 0 Å². The summed E-state index contributed by atoms with van der Waals surface area (Å²) in [5, 5.41) is 3.27. The van der Waals surface area contributed by atoms with Crippen LogP contribution in [-0.4, -0.2) is 18.3 Å². The molecule has 0 fully saturated rings. The van der Waals surface area contributed by atoms with Crippen LogP contribution < -0.4 is 14.8 Å². The normalized spacial score (nSPS) is 10.2. The Morgan fingerprint density at radius 1 is 0.893 bits per heavy atom. The molecule has 0 aliphatic rings. The highest BCUT2D eigenvalue weighted by Crippen LogP contribution is 2.29. The third-order valence-electron chi connectivity index (χ3n) is 3.83. The van der Waals surface area contributed by atoms with Gasteiger partial charge >= 0.3 is 0 Å². The molecule has 0 aromatic heterocycles. The van der Waals surface area contributed by atoms with Crippen molar-refractivity contribution < 1.29 is 19.1 Å². The first kappa shape index (κ1) is 19.5. The van der Waals surface area contributed by atoms with Crippen molar-refractivity contribution in [2.75, 3.05) is 11.9 Å². The molecule has 0 bridgehead atoms. The smallest absolute Gasteiger partial charge is 0.262 e. The van der Waals surface area contributed by atoms with Crippen LogP contribution in [0.15, 0.2) is 72.8 Å². The number of rotatable bonds is 7. The zero-order chi connectivity index (χ0) is 19.9. The van der Waals surface area contributed by atoms with Gasteiger partial charge in [-0.25, -0.2) is 0 Å². The summed E-state index contributed by atoms with van der Waals surface area (Å²) >= 11 is 6.07. The number of carbonyl (C=O) groups is 2. The summed E-state index contributed by atoms with van der Waals surface area (Å²) in [5.74, 6) is 1.36. The van der Waals surface area contributed by atoms with Gasteiger partial charge in [0.25, 0.3) is 5.91 Å². The first-order chi connectivity index (χ1) is 13.5. The van der Waals surface area contributed by atoms with Gasteiger partial charge in [-0.2, -0.15) is 0 Å². The van der Waals surface area contributed by atoms with Crippen LogP contribution in [0.3, 0.4) is 0 Å². The summed E-state index contributed by atoms with van der Waals surface area (Å²) in [6.07, 6.45) is 0. The molecule has 0 spiro atoms. The molecule has 6 heteroatoms. The van der Waals surface area contributed by atoms with E-state index in [1.807, 2.05) is 12.1 Å². The van der Waals surface area contributed by atoms with Crippen LogP contribution in [0.5, 0.6) is 17.2 Å². The summed E-state index contributed by atoms with van der Waals surface area (Å²) in [4.78, 5) is 23.3. The lowest BCUT2D eigenvalue weighted by atomic mass is 10.1. The molecule has 28 heavy (non-hydrogen) atoms. The van der Waals surface area contributed by atoms with Gasteiger partial charge in [0, 0.05) is 11.3 Å². The molecule has 1 amide bonds. The van der Waals surface area contributed by atoms with Gasteiger partial charge in [-0.1, -0.05) is 23.7 Å². The van der Waals surface area contributed by atoms with E-state index in [9.17, 15) is 9.59 Å². The van der Waals surface area contributed by atoms with Crippen molar-refractivity contribution in [3.8, 4) is 17.2 Å². The molecular weight excluding hydrogens is 378 g/mol. The van der Waals surface area contributed by atoms with Crippen LogP contribution in [0.4, 0.5) is 5.69 Å². The number of hydrogen-bond donors (Lipinski definition) is 1. The van der Waals surface area contributed by atoms with Crippen molar-refractivity contribution in [3.63, 3.8) is 0 Å². The van der Waals surface area contributed by atoms with Gasteiger partial charge < -0.3 is 14.8 Å². The summed E-state index contributed by atoms with van der Waals surface area (Å²) in [6.45, 7) is 1.35. The second-order valence-electron chi connectivity index (χ2n) is 5.97. The highest BCUT2D eigenvalue weighted by Gasteiger charge is 2.06. The van der Waals surface area contributed by atoms with Crippen LogP contribution in [0.1, 0.15) is 17.3 Å². The number of amides is 1. The third kappa shape index (κ3) is 5.34. The summed E-state index contributed by atoms with van der Waals surface area (Å²) < 4.78 is 11.1. The second kappa shape index (κ2) is 9.06. The second-order valence-corrected chi connectivity index (χ2v) is 6.38. The maximum atomic E-state index is 12.0. The SMILES string of the molecule is CC(=O)c1ccc(OCC(=O)Nc2ccc(Oc3ccccc3Cl)cc2)cc1. The largest absolute Gasteiger partial charge is 0.484 e. The molecule has 3 aromatic carbocycles. The van der Waals surface area contributed by atoms with Crippen molar-refractivity contribution in [3.05, 3.63) is 83.4 Å². The lowest BCUT2D eigenvalue weighted by Gasteiger charge is -2.10. The molecule has 0 aliphatic carbocycles. The van der Waals surface area contributed by atoms with Crippen LogP contribution in [-0.2, 0) is 4.79 Å². The molecular formula is C22H18ClNO4. The number of ether oxygens (including phenoxy) is 2. The average Bonchev–Trinajstić information content (AvgIpc) is 2.70. The molecule has 0 unspecified atom stereocenters. The van der Waals surface area contributed by atoms with Crippen LogP contribution in [0, 0.1) is 0 Å². The minimum atomic E-state index is -0.296. The summed E-state index contributed by atoms with van der Waals surface area (Å²) in [6, 6.07) is 20.8. The van der Waals surface area contributed by atoms with Crippen molar-refractivity contribution in [2.24, 2.45) is 0 Å². The van der Waals surface area contributed by atoms with Crippen molar-refractivity contribution in [2.45, 2.75) is 6.92 Å². The Balaban J connectivity index is 1.51. The highest BCUT2D eigenvalue weighted by molar-refractivity contribution is 6.32. The van der Waals surface area contributed by atoms with E-state index in [2.05, 4.69) is 5.32 Å². The zero-order valence-electron chi connectivity index (χ0n) is 15.1. The van der Waals surface area contributed by atoms with E-state index >= 15 is 0 Å². The molecule has 0 heterocycles. The Morgan fingerprint density at radius 2 is 1.54 bits per heavy atom. The first-order valence-electron chi connectivity index (χ1n) is 8.57. The van der Waals surface area contributed by atoms with Gasteiger partial charge in [-0.3, -0.25) is 9.59 Å². The fourth-order valence-electron chi connectivity index (χ4n) is 2.39. The minimum Gasteiger partial charge on any atom is -0.484 e. The number of hydrogen-bond acceptors (Lipinski definition) is 4. The van der Waals surface area contributed by atoms with Gasteiger partial charge in [-0.05, 0) is 67.6 Å². The molecule has 142 valence electrons. The lowest BCUT2D eigenvalue weighted by Crippen LogP contribution is -2.20. The number of carbonyl (C=O) groups excluding carboxylic acids is 2. The zero-order valence-corrected chi connectivity index (χ0v) is 15.9. The fraction of sp³-hybridized carbons (Fsp3) is 0.0909. The molecule has 3 aromatic rings. The maximum absolute atomic E-state index is 12.0. The molecule has 5 nitrogen and oxygen atoms in total. The van der Waals surface area contributed by atoms with Crippen LogP contribution in [0.2, 0.25) is 5.02 Å². The Kier molecular flexibility index (Phi) is 6.29. The Hall–Kier alpha value is -3.31. The van der Waals surface area contributed by atoms with Crippen molar-refractivity contribution >= 4 is 29.0 Å². The van der Waals surface area contributed by atoms with E-state index in [0.29, 0.717) is 33.5 Å². The third-order valence-corrected chi connectivity index (χ3v) is 4.15. The number of anilines is 1. The predicted octanol–water partition coefficient (Wildman–Crippen LogP) is 5.35. The number of ketones is 1. The van der Waals surface area contributed by atoms with E-state index in [1.165, 1.54) is 6.92 Å². The fourth-order valence-corrected chi connectivity index (χ4v) is 2.57. The summed E-state index contributed by atoms with van der Waals surface area (Å²) in [7, 11) is 0. The number of para-hydroxylation sites is 1. The molecule has 3 rings (SSSR count). The number of nitrogens with one attached hydrogen (secondary N) is 1. The standard InChI is InChI=1S/C22H18ClNO4/c1-15(25)16-6-10-18(11-7-16)27-14-22(26)24-17-8-12-19(13-9-17)28-21-5-3-2-4-20(21)23/h2-13H,14H2,1H3,(H,24,26). The van der Waals surface area contributed by atoms with E-state index in [0.717, 1.165) is 0 Å². The molecule has 0 saturated carbocycles. The van der Waals surface area contributed by atoms with Gasteiger partial charge in [-0.15, -0.1) is 0 Å². The van der Waals surface area contributed by atoms with Crippen molar-refractivity contribution in [1.29, 1.82) is 0 Å². The Morgan fingerprint density at radius 3 is 2.18 bits per heavy atom. The Bertz CT molecular complexity index is 969. The summed E-state index contributed by atoms with van der Waals surface area (Å²) in [5.41, 5.74) is 1.21. The number of Topliss-reactive ketones (excluding diaryl/α,β-unsaturated/α-hetero) is 1. The molecule has 0 saturated heterocycles. The maximum Gasteiger partial charge on any atom is 0.262 e. The number of benzene rings is 3. The average molecular weight is 396 g/mol. The van der Waals surface area contributed by atoms with Crippen LogP contribution >= 0.6 is 11.6 Å². The molecule has 1 N–H and O–H groups in total.